The van der Waals surface area contributed by atoms with Crippen LogP contribution in [0.2, 0.25) is 0 Å². The van der Waals surface area contributed by atoms with Crippen molar-refractivity contribution >= 4 is 23.3 Å². The minimum Gasteiger partial charge on any atom is -0.505 e. The molecule has 0 aromatic heterocycles. The average molecular weight is 324 g/mol. The zero-order valence-electron chi connectivity index (χ0n) is 13.2. The molecule has 0 unspecified atom stereocenters. The van der Waals surface area contributed by atoms with Crippen LogP contribution in [0.3, 0.4) is 0 Å². The first-order valence-corrected chi connectivity index (χ1v) is 7.34. The van der Waals surface area contributed by atoms with Crippen molar-refractivity contribution in [2.75, 3.05) is 18.1 Å². The van der Waals surface area contributed by atoms with Crippen LogP contribution in [0.1, 0.15) is 33.1 Å². The molecule has 1 rings (SSSR count). The minimum atomic E-state index is -0.655. The Hall–Kier alpha value is -2.64. The Morgan fingerprint density at radius 1 is 1.35 bits per heavy atom. The summed E-state index contributed by atoms with van der Waals surface area (Å²) in [5, 5.41) is 20.7. The molecule has 1 N–H and O–H groups in total. The van der Waals surface area contributed by atoms with Gasteiger partial charge in [-0.25, -0.2) is 0 Å². The summed E-state index contributed by atoms with van der Waals surface area (Å²) >= 11 is 0. The minimum absolute atomic E-state index is 0.0461. The van der Waals surface area contributed by atoms with Gasteiger partial charge in [-0.05, 0) is 19.4 Å². The number of nitrogens with zero attached hydrogens (tertiary/aromatic N) is 2. The zero-order chi connectivity index (χ0) is 17.4. The molecule has 0 atom stereocenters. The van der Waals surface area contributed by atoms with Crippen molar-refractivity contribution in [3.63, 3.8) is 0 Å². The van der Waals surface area contributed by atoms with Gasteiger partial charge in [0.1, 0.15) is 12.3 Å². The molecule has 1 aromatic carbocycles. The Bertz CT molecular complexity index is 587. The summed E-state index contributed by atoms with van der Waals surface area (Å²) < 4.78 is 4.83. The number of rotatable bonds is 8. The lowest BCUT2D eigenvalue weighted by atomic mass is 10.2. The smallest absolute Gasteiger partial charge is 0.326 e. The number of anilines is 1. The number of nitro groups is 1. The lowest BCUT2D eigenvalue weighted by molar-refractivity contribution is -0.384. The molecule has 1 amide bonds. The van der Waals surface area contributed by atoms with Crippen LogP contribution in [0.5, 0.6) is 5.75 Å². The molecule has 0 spiro atoms. The van der Waals surface area contributed by atoms with E-state index >= 15 is 0 Å². The first kappa shape index (κ1) is 18.4. The Kier molecular flexibility index (Phi) is 6.98. The van der Waals surface area contributed by atoms with Crippen molar-refractivity contribution in [1.29, 1.82) is 0 Å². The molecular weight excluding hydrogens is 304 g/mol. The molecule has 0 bridgehead atoms. The predicted molar refractivity (Wildman–Crippen MR) is 83.3 cm³/mol. The van der Waals surface area contributed by atoms with Gasteiger partial charge in [0.25, 0.3) is 5.69 Å². The molecule has 1 aromatic rings. The van der Waals surface area contributed by atoms with Crippen LogP contribution < -0.4 is 4.90 Å². The molecule has 0 saturated carbocycles. The number of aromatic hydroxyl groups is 1. The van der Waals surface area contributed by atoms with E-state index < -0.39 is 16.6 Å². The molecule has 0 aliphatic heterocycles. The average Bonchev–Trinajstić information content (AvgIpc) is 2.50. The standard InChI is InChI=1S/C15H20N2O6/c1-3-5-6-14(19)16(10-15(20)23-4-2)12-8-7-11(17(21)22)9-13(12)18/h7-9,18H,3-6,10H2,1-2H3. The summed E-state index contributed by atoms with van der Waals surface area (Å²) in [5.74, 6) is -1.41. The maximum absolute atomic E-state index is 12.3. The van der Waals surface area contributed by atoms with Crippen LogP contribution in [0.15, 0.2) is 18.2 Å². The van der Waals surface area contributed by atoms with Gasteiger partial charge in [0.05, 0.1) is 23.3 Å². The molecular formula is C15H20N2O6. The van der Waals surface area contributed by atoms with Crippen molar-refractivity contribution in [2.24, 2.45) is 0 Å². The highest BCUT2D eigenvalue weighted by Gasteiger charge is 2.23. The topological polar surface area (TPSA) is 110 Å². The summed E-state index contributed by atoms with van der Waals surface area (Å²) in [4.78, 5) is 35.1. The third kappa shape index (κ3) is 5.24. The first-order chi connectivity index (χ1) is 10.9. The maximum atomic E-state index is 12.3. The monoisotopic (exact) mass is 324 g/mol. The summed E-state index contributed by atoms with van der Waals surface area (Å²) in [5.41, 5.74) is -0.256. The normalized spacial score (nSPS) is 10.2. The van der Waals surface area contributed by atoms with E-state index in [1.807, 2.05) is 6.92 Å². The molecule has 0 aliphatic rings. The number of phenols is 1. The van der Waals surface area contributed by atoms with Crippen molar-refractivity contribution in [3.8, 4) is 5.75 Å². The van der Waals surface area contributed by atoms with Gasteiger partial charge in [0.2, 0.25) is 5.91 Å². The fourth-order valence-corrected chi connectivity index (χ4v) is 1.96. The first-order valence-electron chi connectivity index (χ1n) is 7.34. The number of ether oxygens (including phenoxy) is 1. The van der Waals surface area contributed by atoms with Gasteiger partial charge in [-0.3, -0.25) is 24.6 Å². The van der Waals surface area contributed by atoms with Gasteiger partial charge in [-0.2, -0.15) is 0 Å². The van der Waals surface area contributed by atoms with Crippen molar-refractivity contribution in [3.05, 3.63) is 28.3 Å². The maximum Gasteiger partial charge on any atom is 0.326 e. The van der Waals surface area contributed by atoms with E-state index in [1.165, 1.54) is 12.1 Å². The highest BCUT2D eigenvalue weighted by Crippen LogP contribution is 2.31. The van der Waals surface area contributed by atoms with E-state index in [2.05, 4.69) is 0 Å². The number of amides is 1. The third-order valence-corrected chi connectivity index (χ3v) is 3.10. The molecule has 0 heterocycles. The highest BCUT2D eigenvalue weighted by atomic mass is 16.6. The van der Waals surface area contributed by atoms with E-state index in [-0.39, 0.29) is 36.9 Å². The molecule has 0 aliphatic carbocycles. The van der Waals surface area contributed by atoms with Gasteiger partial charge >= 0.3 is 5.97 Å². The second-order valence-electron chi connectivity index (χ2n) is 4.82. The summed E-state index contributed by atoms with van der Waals surface area (Å²) in [6, 6.07) is 3.36. The number of nitro benzene ring substituents is 1. The fourth-order valence-electron chi connectivity index (χ4n) is 1.96. The Labute approximate surface area is 133 Å². The van der Waals surface area contributed by atoms with Gasteiger partial charge in [0.15, 0.2) is 0 Å². The molecule has 0 radical (unpaired) electrons. The second kappa shape index (κ2) is 8.72. The van der Waals surface area contributed by atoms with Crippen LogP contribution in [0, 0.1) is 10.1 Å². The van der Waals surface area contributed by atoms with Crippen LogP contribution in [0.4, 0.5) is 11.4 Å². The van der Waals surface area contributed by atoms with E-state index in [1.54, 1.807) is 6.92 Å². The Balaban J connectivity index is 3.09. The molecule has 23 heavy (non-hydrogen) atoms. The molecule has 126 valence electrons. The lowest BCUT2D eigenvalue weighted by Gasteiger charge is -2.22. The van der Waals surface area contributed by atoms with Crippen LogP contribution in [0.25, 0.3) is 0 Å². The van der Waals surface area contributed by atoms with Crippen molar-refractivity contribution in [2.45, 2.75) is 33.1 Å². The summed E-state index contributed by atoms with van der Waals surface area (Å²) in [6.07, 6.45) is 1.63. The number of non-ortho nitro benzene ring substituents is 1. The van der Waals surface area contributed by atoms with E-state index in [9.17, 15) is 24.8 Å². The number of unbranched alkanes of at least 4 members (excludes halogenated alkanes) is 1. The van der Waals surface area contributed by atoms with E-state index in [4.69, 9.17) is 4.74 Å². The van der Waals surface area contributed by atoms with Crippen LogP contribution >= 0.6 is 0 Å². The third-order valence-electron chi connectivity index (χ3n) is 3.10. The molecule has 0 fully saturated rings. The number of esters is 1. The highest BCUT2D eigenvalue weighted by molar-refractivity contribution is 5.99. The summed E-state index contributed by atoms with van der Waals surface area (Å²) in [7, 11) is 0. The molecule has 8 nitrogen and oxygen atoms in total. The van der Waals surface area contributed by atoms with Crippen molar-refractivity contribution < 1.29 is 24.4 Å². The van der Waals surface area contributed by atoms with E-state index in [0.717, 1.165) is 17.4 Å². The second-order valence-corrected chi connectivity index (χ2v) is 4.82. The Morgan fingerprint density at radius 2 is 2.04 bits per heavy atom. The largest absolute Gasteiger partial charge is 0.505 e. The van der Waals surface area contributed by atoms with Gasteiger partial charge in [0, 0.05) is 12.5 Å². The van der Waals surface area contributed by atoms with Gasteiger partial charge in [-0.1, -0.05) is 13.3 Å². The number of hydrogen-bond acceptors (Lipinski definition) is 6. The molecule has 0 saturated heterocycles. The number of carbonyl (C=O) groups is 2. The zero-order valence-corrected chi connectivity index (χ0v) is 13.2. The van der Waals surface area contributed by atoms with Crippen LogP contribution in [-0.4, -0.2) is 35.1 Å². The Morgan fingerprint density at radius 3 is 2.57 bits per heavy atom. The van der Waals surface area contributed by atoms with Gasteiger partial charge in [-0.15, -0.1) is 0 Å². The lowest BCUT2D eigenvalue weighted by Crippen LogP contribution is -2.36. The van der Waals surface area contributed by atoms with E-state index in [0.29, 0.717) is 6.42 Å². The quantitative estimate of drug-likeness (QED) is 0.446. The number of benzene rings is 1. The summed E-state index contributed by atoms with van der Waals surface area (Å²) in [6.45, 7) is 3.38. The molecule has 8 heteroatoms. The predicted octanol–water partition coefficient (Wildman–Crippen LogP) is 2.39. The fraction of sp³-hybridized carbons (Fsp3) is 0.467. The number of hydrogen-bond donors (Lipinski definition) is 1. The van der Waals surface area contributed by atoms with Crippen molar-refractivity contribution in [1.82, 2.24) is 0 Å². The van der Waals surface area contributed by atoms with Gasteiger partial charge < -0.3 is 9.84 Å². The number of phenolic OH excluding ortho intramolecular Hbond substituents is 1. The SMILES string of the molecule is CCCCC(=O)N(CC(=O)OCC)c1ccc([N+](=O)[O-])cc1O. The number of carbonyl (C=O) groups excluding carboxylic acids is 2. The van der Waals surface area contributed by atoms with Crippen LogP contribution in [-0.2, 0) is 14.3 Å².